The van der Waals surface area contributed by atoms with Crippen LogP contribution in [0.3, 0.4) is 0 Å². The van der Waals surface area contributed by atoms with Gasteiger partial charge in [-0.1, -0.05) is 34.6 Å². The molecular formula is C13H26N2O. The third-order valence-corrected chi connectivity index (χ3v) is 3.84. The van der Waals surface area contributed by atoms with Crippen LogP contribution in [0.1, 0.15) is 41.0 Å². The molecule has 3 atom stereocenters. The number of carbonyl (C=O) groups is 1. The molecule has 0 spiro atoms. The van der Waals surface area contributed by atoms with Crippen LogP contribution in [0.5, 0.6) is 0 Å². The molecule has 2 N–H and O–H groups in total. The number of carbonyl (C=O) groups excluding carboxylic acids is 1. The Balaban J connectivity index is 2.62. The quantitative estimate of drug-likeness (QED) is 0.742. The summed E-state index contributed by atoms with van der Waals surface area (Å²) in [5.74, 6) is 1.42. The van der Waals surface area contributed by atoms with Crippen LogP contribution in [0.15, 0.2) is 0 Å². The highest BCUT2D eigenvalue weighted by molar-refractivity contribution is 5.82. The Kier molecular flexibility index (Phi) is 4.00. The summed E-state index contributed by atoms with van der Waals surface area (Å²) in [6, 6.07) is -0.381. The summed E-state index contributed by atoms with van der Waals surface area (Å²) < 4.78 is 0. The third kappa shape index (κ3) is 2.97. The van der Waals surface area contributed by atoms with Crippen molar-refractivity contribution in [1.29, 1.82) is 0 Å². The number of piperidine rings is 1. The molecule has 1 rings (SSSR count). The Labute approximate surface area is 99.4 Å². The van der Waals surface area contributed by atoms with E-state index in [1.807, 2.05) is 25.7 Å². The first-order valence-corrected chi connectivity index (χ1v) is 6.28. The predicted molar refractivity (Wildman–Crippen MR) is 67.0 cm³/mol. The predicted octanol–water partition coefficient (Wildman–Crippen LogP) is 1.86. The van der Waals surface area contributed by atoms with Gasteiger partial charge in [0.1, 0.15) is 0 Å². The second-order valence-electron chi connectivity index (χ2n) is 6.37. The van der Waals surface area contributed by atoms with E-state index in [0.717, 1.165) is 25.4 Å². The van der Waals surface area contributed by atoms with E-state index >= 15 is 0 Å². The summed E-state index contributed by atoms with van der Waals surface area (Å²) >= 11 is 0. The molecule has 0 aromatic heterocycles. The Bertz CT molecular complexity index is 257. The van der Waals surface area contributed by atoms with Crippen LogP contribution in [0.2, 0.25) is 0 Å². The normalized spacial score (nSPS) is 29.0. The van der Waals surface area contributed by atoms with Crippen molar-refractivity contribution in [1.82, 2.24) is 4.90 Å². The maximum Gasteiger partial charge on any atom is 0.240 e. The minimum Gasteiger partial charge on any atom is -0.341 e. The van der Waals surface area contributed by atoms with Gasteiger partial charge in [0.15, 0.2) is 0 Å². The van der Waals surface area contributed by atoms with Gasteiger partial charge in [0.2, 0.25) is 5.91 Å². The van der Waals surface area contributed by atoms with E-state index in [0.29, 0.717) is 5.92 Å². The number of rotatable bonds is 1. The minimum absolute atomic E-state index is 0.117. The van der Waals surface area contributed by atoms with Gasteiger partial charge >= 0.3 is 0 Å². The zero-order chi connectivity index (χ0) is 12.5. The summed E-state index contributed by atoms with van der Waals surface area (Å²) in [6.07, 6.45) is 1.10. The molecule has 3 unspecified atom stereocenters. The molecule has 1 amide bonds. The maximum atomic E-state index is 12.2. The zero-order valence-corrected chi connectivity index (χ0v) is 11.3. The van der Waals surface area contributed by atoms with E-state index in [9.17, 15) is 4.79 Å². The topological polar surface area (TPSA) is 46.3 Å². The van der Waals surface area contributed by atoms with Gasteiger partial charge in [-0.25, -0.2) is 0 Å². The Morgan fingerprint density at radius 2 is 1.88 bits per heavy atom. The molecule has 94 valence electrons. The van der Waals surface area contributed by atoms with Crippen molar-refractivity contribution in [3.05, 3.63) is 0 Å². The lowest BCUT2D eigenvalue weighted by molar-refractivity contribution is -0.137. The van der Waals surface area contributed by atoms with Crippen LogP contribution in [0.25, 0.3) is 0 Å². The van der Waals surface area contributed by atoms with Gasteiger partial charge in [0.25, 0.3) is 0 Å². The number of nitrogens with zero attached hydrogens (tertiary/aromatic N) is 1. The Morgan fingerprint density at radius 3 is 2.31 bits per heavy atom. The largest absolute Gasteiger partial charge is 0.341 e. The average molecular weight is 226 g/mol. The molecule has 3 nitrogen and oxygen atoms in total. The van der Waals surface area contributed by atoms with Gasteiger partial charge in [0.05, 0.1) is 6.04 Å². The summed E-state index contributed by atoms with van der Waals surface area (Å²) in [7, 11) is 0. The highest BCUT2D eigenvalue weighted by Gasteiger charge is 2.33. The van der Waals surface area contributed by atoms with E-state index in [1.54, 1.807) is 0 Å². The summed E-state index contributed by atoms with van der Waals surface area (Å²) in [6.45, 7) is 12.3. The molecule has 3 heteroatoms. The monoisotopic (exact) mass is 226 g/mol. The van der Waals surface area contributed by atoms with Crippen molar-refractivity contribution in [2.45, 2.75) is 47.1 Å². The molecule has 1 aliphatic heterocycles. The first-order chi connectivity index (χ1) is 7.23. The Morgan fingerprint density at radius 1 is 1.31 bits per heavy atom. The first kappa shape index (κ1) is 13.5. The van der Waals surface area contributed by atoms with Gasteiger partial charge in [-0.2, -0.15) is 0 Å². The number of likely N-dealkylation sites (tertiary alicyclic amines) is 1. The van der Waals surface area contributed by atoms with Crippen LogP contribution in [-0.2, 0) is 4.79 Å². The van der Waals surface area contributed by atoms with Crippen molar-refractivity contribution < 1.29 is 4.79 Å². The molecule has 1 aliphatic rings. The lowest BCUT2D eigenvalue weighted by Crippen LogP contribution is -2.53. The fourth-order valence-electron chi connectivity index (χ4n) is 2.03. The zero-order valence-electron chi connectivity index (χ0n) is 11.3. The van der Waals surface area contributed by atoms with Crippen LogP contribution in [-0.4, -0.2) is 29.9 Å². The van der Waals surface area contributed by atoms with Gasteiger partial charge in [0, 0.05) is 13.1 Å². The maximum absolute atomic E-state index is 12.2. The van der Waals surface area contributed by atoms with Crippen LogP contribution in [0, 0.1) is 17.3 Å². The van der Waals surface area contributed by atoms with Crippen molar-refractivity contribution in [2.75, 3.05) is 13.1 Å². The van der Waals surface area contributed by atoms with Gasteiger partial charge in [-0.3, -0.25) is 4.79 Å². The lowest BCUT2D eigenvalue weighted by Gasteiger charge is -2.38. The molecule has 0 aromatic carbocycles. The van der Waals surface area contributed by atoms with Gasteiger partial charge < -0.3 is 10.6 Å². The summed E-state index contributed by atoms with van der Waals surface area (Å²) in [4.78, 5) is 14.1. The molecule has 1 heterocycles. The third-order valence-electron chi connectivity index (χ3n) is 3.84. The Hall–Kier alpha value is -0.570. The molecule has 0 bridgehead atoms. The fourth-order valence-corrected chi connectivity index (χ4v) is 2.03. The highest BCUT2D eigenvalue weighted by atomic mass is 16.2. The summed E-state index contributed by atoms with van der Waals surface area (Å²) in [5, 5.41) is 0. The van der Waals surface area contributed by atoms with E-state index in [1.165, 1.54) is 0 Å². The van der Waals surface area contributed by atoms with Crippen LogP contribution in [0.4, 0.5) is 0 Å². The standard InChI is InChI=1S/C13H26N2O/c1-9-6-7-15(8-10(9)2)12(16)11(14)13(3,4)5/h9-11H,6-8,14H2,1-5H3. The van der Waals surface area contributed by atoms with Crippen LogP contribution >= 0.6 is 0 Å². The molecule has 1 saturated heterocycles. The minimum atomic E-state index is -0.381. The van der Waals surface area contributed by atoms with E-state index in [-0.39, 0.29) is 17.4 Å². The van der Waals surface area contributed by atoms with E-state index in [4.69, 9.17) is 5.73 Å². The first-order valence-electron chi connectivity index (χ1n) is 6.28. The fraction of sp³-hybridized carbons (Fsp3) is 0.923. The SMILES string of the molecule is CC1CCN(C(=O)C(N)C(C)(C)C)CC1C. The second-order valence-corrected chi connectivity index (χ2v) is 6.37. The average Bonchev–Trinajstić information content (AvgIpc) is 2.18. The second kappa shape index (κ2) is 4.74. The highest BCUT2D eigenvalue weighted by Crippen LogP contribution is 2.25. The molecule has 16 heavy (non-hydrogen) atoms. The lowest BCUT2D eigenvalue weighted by atomic mass is 9.84. The molecular weight excluding hydrogens is 200 g/mol. The number of hydrogen-bond donors (Lipinski definition) is 1. The van der Waals surface area contributed by atoms with E-state index in [2.05, 4.69) is 13.8 Å². The molecule has 1 fully saturated rings. The van der Waals surface area contributed by atoms with Crippen molar-refractivity contribution in [3.8, 4) is 0 Å². The number of amides is 1. The van der Waals surface area contributed by atoms with E-state index < -0.39 is 0 Å². The van der Waals surface area contributed by atoms with Crippen molar-refractivity contribution >= 4 is 5.91 Å². The molecule has 0 aromatic rings. The molecule has 0 radical (unpaired) electrons. The van der Waals surface area contributed by atoms with Crippen molar-refractivity contribution in [3.63, 3.8) is 0 Å². The number of hydrogen-bond acceptors (Lipinski definition) is 2. The number of nitrogens with two attached hydrogens (primary N) is 1. The van der Waals surface area contributed by atoms with Crippen LogP contribution < -0.4 is 5.73 Å². The van der Waals surface area contributed by atoms with Crippen molar-refractivity contribution in [2.24, 2.45) is 23.0 Å². The smallest absolute Gasteiger partial charge is 0.240 e. The molecule has 0 aliphatic carbocycles. The van der Waals surface area contributed by atoms with Gasteiger partial charge in [-0.05, 0) is 23.7 Å². The van der Waals surface area contributed by atoms with Gasteiger partial charge in [-0.15, -0.1) is 0 Å². The summed E-state index contributed by atoms with van der Waals surface area (Å²) in [5.41, 5.74) is 5.86. The molecule has 0 saturated carbocycles.